The van der Waals surface area contributed by atoms with Gasteiger partial charge in [0.1, 0.15) is 10.5 Å². The van der Waals surface area contributed by atoms with Crippen LogP contribution in [0.25, 0.3) is 11.0 Å². The number of aryl methyl sites for hydroxylation is 1. The standard InChI is InChI=1S/C26H22F3N3O3S/c27-26(28,29)22-9-8-18(36-22)14-32-21-15-31(13-11-19(21)20-2-1-12-30-24(20)32)23(33)10-5-16-3-6-17(7-4-16)25(34)35/h1-4,6-9,12H,5,10-11,13-15H2,(H,34,35). The number of fused-ring (bicyclic) bond motifs is 3. The Bertz CT molecular complexity index is 1440. The number of pyridine rings is 1. The van der Waals surface area contributed by atoms with E-state index in [1.165, 1.54) is 18.2 Å². The number of carbonyl (C=O) groups excluding carboxylic acids is 1. The molecule has 3 aromatic heterocycles. The highest BCUT2D eigenvalue weighted by Crippen LogP contribution is 2.36. The monoisotopic (exact) mass is 513 g/mol. The first-order valence-electron chi connectivity index (χ1n) is 11.4. The number of hydrogen-bond donors (Lipinski definition) is 1. The lowest BCUT2D eigenvalue weighted by Gasteiger charge is -2.28. The smallest absolute Gasteiger partial charge is 0.425 e. The molecule has 5 rings (SSSR count). The molecule has 4 aromatic rings. The fourth-order valence-corrected chi connectivity index (χ4v) is 5.50. The third-order valence-corrected chi connectivity index (χ3v) is 7.56. The van der Waals surface area contributed by atoms with Gasteiger partial charge < -0.3 is 14.6 Å². The number of carboxylic acid groups (broad SMARTS) is 1. The van der Waals surface area contributed by atoms with Crippen molar-refractivity contribution in [1.29, 1.82) is 0 Å². The number of halogens is 3. The Hall–Kier alpha value is -3.66. The van der Waals surface area contributed by atoms with Crippen LogP contribution in [0.3, 0.4) is 0 Å². The lowest BCUT2D eigenvalue weighted by molar-refractivity contribution is -0.134. The minimum absolute atomic E-state index is 0.0248. The Morgan fingerprint density at radius 3 is 2.56 bits per heavy atom. The fraction of sp³-hybridized carbons (Fsp3) is 0.269. The number of thiophene rings is 1. The van der Waals surface area contributed by atoms with Crippen molar-refractivity contribution in [2.45, 2.75) is 38.5 Å². The molecule has 6 nitrogen and oxygen atoms in total. The number of rotatable bonds is 6. The summed E-state index contributed by atoms with van der Waals surface area (Å²) in [7, 11) is 0. The Kier molecular flexibility index (Phi) is 6.29. The van der Waals surface area contributed by atoms with Crippen molar-refractivity contribution in [2.75, 3.05) is 6.54 Å². The highest BCUT2D eigenvalue weighted by molar-refractivity contribution is 7.12. The summed E-state index contributed by atoms with van der Waals surface area (Å²) in [6, 6.07) is 12.9. The first-order valence-corrected chi connectivity index (χ1v) is 12.2. The van der Waals surface area contributed by atoms with Crippen molar-refractivity contribution >= 4 is 34.2 Å². The van der Waals surface area contributed by atoms with Gasteiger partial charge in [-0.15, -0.1) is 11.3 Å². The molecule has 4 heterocycles. The lowest BCUT2D eigenvalue weighted by atomic mass is 10.0. The van der Waals surface area contributed by atoms with Crippen LogP contribution in [0, 0.1) is 0 Å². The number of carbonyl (C=O) groups is 2. The average Bonchev–Trinajstić information content (AvgIpc) is 3.46. The van der Waals surface area contributed by atoms with Crippen LogP contribution in [0.15, 0.2) is 54.7 Å². The molecule has 1 aliphatic heterocycles. The van der Waals surface area contributed by atoms with Gasteiger partial charge in [0.05, 0.1) is 18.7 Å². The number of nitrogens with zero attached hydrogens (tertiary/aromatic N) is 3. The largest absolute Gasteiger partial charge is 0.478 e. The molecule has 0 atom stereocenters. The maximum absolute atomic E-state index is 13.1. The van der Waals surface area contributed by atoms with E-state index < -0.39 is 17.0 Å². The summed E-state index contributed by atoms with van der Waals surface area (Å²) in [6.45, 7) is 1.16. The second-order valence-electron chi connectivity index (χ2n) is 8.72. The molecule has 0 saturated heterocycles. The Morgan fingerprint density at radius 2 is 1.86 bits per heavy atom. The van der Waals surface area contributed by atoms with E-state index >= 15 is 0 Å². The highest BCUT2D eigenvalue weighted by Gasteiger charge is 2.33. The van der Waals surface area contributed by atoms with Gasteiger partial charge in [0, 0.05) is 35.1 Å². The molecule has 0 saturated carbocycles. The topological polar surface area (TPSA) is 75.4 Å². The molecular weight excluding hydrogens is 491 g/mol. The summed E-state index contributed by atoms with van der Waals surface area (Å²) in [5.41, 5.74) is 3.76. The van der Waals surface area contributed by atoms with E-state index in [0.29, 0.717) is 36.5 Å². The van der Waals surface area contributed by atoms with Crippen molar-refractivity contribution in [3.63, 3.8) is 0 Å². The van der Waals surface area contributed by atoms with Gasteiger partial charge in [-0.25, -0.2) is 9.78 Å². The Labute approximate surface area is 208 Å². The van der Waals surface area contributed by atoms with Gasteiger partial charge in [-0.3, -0.25) is 4.79 Å². The van der Waals surface area contributed by atoms with Gasteiger partial charge in [0.25, 0.3) is 0 Å². The van der Waals surface area contributed by atoms with Crippen molar-refractivity contribution in [2.24, 2.45) is 0 Å². The minimum Gasteiger partial charge on any atom is -0.478 e. The first kappa shape index (κ1) is 24.1. The Balaban J connectivity index is 1.36. The third kappa shape index (κ3) is 4.73. The number of alkyl halides is 3. The summed E-state index contributed by atoms with van der Waals surface area (Å²) < 4.78 is 41.3. The molecule has 0 unspecified atom stereocenters. The number of aromatic nitrogens is 2. The van der Waals surface area contributed by atoms with Gasteiger partial charge in [-0.2, -0.15) is 13.2 Å². The quantitative estimate of drug-likeness (QED) is 0.376. The van der Waals surface area contributed by atoms with Crippen molar-refractivity contribution < 1.29 is 27.9 Å². The first-order chi connectivity index (χ1) is 17.2. The number of carboxylic acids is 1. The molecule has 1 N–H and O–H groups in total. The summed E-state index contributed by atoms with van der Waals surface area (Å²) in [4.78, 5) is 30.3. The summed E-state index contributed by atoms with van der Waals surface area (Å²) in [6.07, 6.45) is -1.31. The van der Waals surface area contributed by atoms with Crippen molar-refractivity contribution in [3.8, 4) is 0 Å². The molecule has 186 valence electrons. The zero-order valence-corrected chi connectivity index (χ0v) is 19.9. The molecule has 10 heteroatoms. The maximum atomic E-state index is 13.1. The second-order valence-corrected chi connectivity index (χ2v) is 9.89. The third-order valence-electron chi connectivity index (χ3n) is 6.45. The molecule has 0 fully saturated rings. The number of hydrogen-bond acceptors (Lipinski definition) is 4. The molecule has 0 spiro atoms. The number of amides is 1. The van der Waals surface area contributed by atoms with Crippen LogP contribution >= 0.6 is 11.3 Å². The number of aromatic carboxylic acids is 1. The maximum Gasteiger partial charge on any atom is 0.425 e. The zero-order valence-electron chi connectivity index (χ0n) is 19.1. The molecule has 1 aromatic carbocycles. The lowest BCUT2D eigenvalue weighted by Crippen LogP contribution is -2.36. The van der Waals surface area contributed by atoms with Crippen LogP contribution in [0.4, 0.5) is 13.2 Å². The molecule has 0 bridgehead atoms. The van der Waals surface area contributed by atoms with Crippen LogP contribution in [-0.2, 0) is 36.9 Å². The van der Waals surface area contributed by atoms with E-state index in [2.05, 4.69) is 4.98 Å². The van der Waals surface area contributed by atoms with E-state index in [1.54, 1.807) is 23.2 Å². The fourth-order valence-electron chi connectivity index (χ4n) is 4.64. The van der Waals surface area contributed by atoms with Gasteiger partial charge >= 0.3 is 12.1 Å². The summed E-state index contributed by atoms with van der Waals surface area (Å²) >= 11 is 0.722. The average molecular weight is 514 g/mol. The predicted molar refractivity (Wildman–Crippen MR) is 129 cm³/mol. The van der Waals surface area contributed by atoms with Crippen LogP contribution in [0.5, 0.6) is 0 Å². The van der Waals surface area contributed by atoms with E-state index in [4.69, 9.17) is 5.11 Å². The van der Waals surface area contributed by atoms with Crippen LogP contribution < -0.4 is 0 Å². The summed E-state index contributed by atoms with van der Waals surface area (Å²) in [5, 5.41) is 10.00. The predicted octanol–water partition coefficient (Wildman–Crippen LogP) is 5.38. The second kappa shape index (κ2) is 9.42. The van der Waals surface area contributed by atoms with Gasteiger partial charge in [0.15, 0.2) is 0 Å². The van der Waals surface area contributed by atoms with Crippen LogP contribution in [-0.4, -0.2) is 38.0 Å². The van der Waals surface area contributed by atoms with E-state index in [1.807, 2.05) is 16.7 Å². The molecule has 0 aliphatic carbocycles. The molecular formula is C26H22F3N3O3S. The highest BCUT2D eigenvalue weighted by atomic mass is 32.1. The van der Waals surface area contributed by atoms with E-state index in [0.717, 1.165) is 39.6 Å². The molecule has 36 heavy (non-hydrogen) atoms. The van der Waals surface area contributed by atoms with Crippen LogP contribution in [0.2, 0.25) is 0 Å². The zero-order chi connectivity index (χ0) is 25.4. The SMILES string of the molecule is O=C(O)c1ccc(CCC(=O)N2CCc3c(n(Cc4ccc(C(F)(F)F)s4)c4ncccc34)C2)cc1. The minimum atomic E-state index is -4.38. The van der Waals surface area contributed by atoms with Gasteiger partial charge in [0.2, 0.25) is 5.91 Å². The molecule has 1 amide bonds. The normalized spacial score (nSPS) is 13.7. The molecule has 1 aliphatic rings. The molecule has 0 radical (unpaired) electrons. The number of benzene rings is 1. The van der Waals surface area contributed by atoms with Crippen molar-refractivity contribution in [3.05, 3.63) is 86.9 Å². The van der Waals surface area contributed by atoms with E-state index in [-0.39, 0.29) is 24.4 Å². The van der Waals surface area contributed by atoms with Gasteiger partial charge in [-0.1, -0.05) is 12.1 Å². The van der Waals surface area contributed by atoms with Crippen molar-refractivity contribution in [1.82, 2.24) is 14.5 Å². The Morgan fingerprint density at radius 1 is 1.08 bits per heavy atom. The van der Waals surface area contributed by atoms with E-state index in [9.17, 15) is 22.8 Å². The van der Waals surface area contributed by atoms with Crippen LogP contribution in [0.1, 0.15) is 43.4 Å². The summed E-state index contributed by atoms with van der Waals surface area (Å²) in [5.74, 6) is -1.02. The van der Waals surface area contributed by atoms with Gasteiger partial charge in [-0.05, 0) is 60.4 Å².